The van der Waals surface area contributed by atoms with Crippen LogP contribution in [0.3, 0.4) is 0 Å². The van der Waals surface area contributed by atoms with Crippen molar-refractivity contribution in [2.24, 2.45) is 0 Å². The molecule has 0 amide bonds. The Hall–Kier alpha value is -5.69. The first-order valence-corrected chi connectivity index (χ1v) is 13.5. The fourth-order valence-electron chi connectivity index (χ4n) is 4.65. The van der Waals surface area contributed by atoms with E-state index in [1.165, 1.54) is 6.20 Å². The van der Waals surface area contributed by atoms with Crippen LogP contribution in [-0.2, 0) is 13.2 Å². The van der Waals surface area contributed by atoms with Crippen LogP contribution in [0.15, 0.2) is 134 Å². The van der Waals surface area contributed by atoms with Crippen LogP contribution in [0.2, 0.25) is 0 Å². The molecule has 0 spiro atoms. The van der Waals surface area contributed by atoms with Gasteiger partial charge in [0.2, 0.25) is 0 Å². The molecule has 0 atom stereocenters. The number of carboxylic acids is 1. The van der Waals surface area contributed by atoms with Gasteiger partial charge in [-0.15, -0.1) is 0 Å². The maximum atomic E-state index is 12.0. The molecule has 0 fully saturated rings. The van der Waals surface area contributed by atoms with Gasteiger partial charge in [0, 0.05) is 11.8 Å². The minimum absolute atomic E-state index is 0.102. The molecule has 7 heteroatoms. The predicted molar refractivity (Wildman–Crippen MR) is 161 cm³/mol. The van der Waals surface area contributed by atoms with Gasteiger partial charge in [0.1, 0.15) is 18.8 Å². The molecule has 7 nitrogen and oxygen atoms in total. The van der Waals surface area contributed by atoms with Crippen LogP contribution in [0.4, 0.5) is 0 Å². The third-order valence-corrected chi connectivity index (χ3v) is 6.78. The number of aromatic carboxylic acids is 1. The van der Waals surface area contributed by atoms with Crippen molar-refractivity contribution in [1.29, 1.82) is 0 Å². The van der Waals surface area contributed by atoms with Gasteiger partial charge in [0.15, 0.2) is 17.3 Å². The maximum Gasteiger partial charge on any atom is 0.339 e. The summed E-state index contributed by atoms with van der Waals surface area (Å²) < 4.78 is 14.0. The molecule has 4 aromatic carbocycles. The number of hydrogen-bond acceptors (Lipinski definition) is 5. The second kappa shape index (κ2) is 12.2. The molecular formula is C35H27N3O4. The molecule has 2 heterocycles. The molecule has 42 heavy (non-hydrogen) atoms. The molecule has 0 aliphatic carbocycles. The number of nitrogens with zero attached hydrogens (tertiary/aromatic N) is 3. The average molecular weight is 554 g/mol. The van der Waals surface area contributed by atoms with Gasteiger partial charge >= 0.3 is 5.97 Å². The van der Waals surface area contributed by atoms with Crippen molar-refractivity contribution in [2.45, 2.75) is 13.2 Å². The predicted octanol–water partition coefficient (Wildman–Crippen LogP) is 7.46. The van der Waals surface area contributed by atoms with E-state index in [9.17, 15) is 9.90 Å². The van der Waals surface area contributed by atoms with Gasteiger partial charge in [-0.3, -0.25) is 0 Å². The Balaban J connectivity index is 1.31. The van der Waals surface area contributed by atoms with Crippen LogP contribution in [0, 0.1) is 0 Å². The van der Waals surface area contributed by atoms with Crippen LogP contribution in [0.25, 0.3) is 28.2 Å². The highest BCUT2D eigenvalue weighted by atomic mass is 16.5. The molecule has 0 saturated carbocycles. The van der Waals surface area contributed by atoms with Crippen molar-refractivity contribution in [3.63, 3.8) is 0 Å². The van der Waals surface area contributed by atoms with Gasteiger partial charge in [0.05, 0.1) is 11.9 Å². The van der Waals surface area contributed by atoms with Crippen molar-refractivity contribution in [3.05, 3.63) is 150 Å². The Morgan fingerprint density at radius 1 is 0.667 bits per heavy atom. The minimum atomic E-state index is -1.05. The number of benzene rings is 4. The highest BCUT2D eigenvalue weighted by Gasteiger charge is 2.20. The quantitative estimate of drug-likeness (QED) is 0.190. The van der Waals surface area contributed by atoms with Gasteiger partial charge in [-0.25, -0.2) is 14.5 Å². The summed E-state index contributed by atoms with van der Waals surface area (Å²) in [5, 5.41) is 14.1. The minimum Gasteiger partial charge on any atom is -0.485 e. The molecule has 0 aliphatic heterocycles. The number of rotatable bonds is 10. The fourth-order valence-corrected chi connectivity index (χ4v) is 4.65. The van der Waals surface area contributed by atoms with Crippen molar-refractivity contribution < 1.29 is 19.4 Å². The summed E-state index contributed by atoms with van der Waals surface area (Å²) in [6, 6.07) is 39.0. The van der Waals surface area contributed by atoms with Gasteiger partial charge in [0.25, 0.3) is 0 Å². The van der Waals surface area contributed by atoms with Crippen LogP contribution in [-0.4, -0.2) is 25.8 Å². The molecule has 6 rings (SSSR count). The van der Waals surface area contributed by atoms with Crippen LogP contribution in [0.5, 0.6) is 11.5 Å². The Bertz CT molecular complexity index is 1790. The number of ether oxygens (including phenoxy) is 2. The molecule has 206 valence electrons. The zero-order valence-corrected chi connectivity index (χ0v) is 22.6. The van der Waals surface area contributed by atoms with Crippen LogP contribution >= 0.6 is 0 Å². The average Bonchev–Trinajstić information content (AvgIpc) is 3.50. The summed E-state index contributed by atoms with van der Waals surface area (Å²) in [7, 11) is 0. The lowest BCUT2D eigenvalue weighted by Crippen LogP contribution is -2.04. The molecule has 6 aromatic rings. The van der Waals surface area contributed by atoms with Crippen molar-refractivity contribution in [3.8, 4) is 39.7 Å². The number of carbonyl (C=O) groups is 1. The Morgan fingerprint density at radius 2 is 1.26 bits per heavy atom. The van der Waals surface area contributed by atoms with Gasteiger partial charge in [-0.1, -0.05) is 97.1 Å². The first kappa shape index (κ1) is 26.5. The van der Waals surface area contributed by atoms with E-state index in [1.807, 2.05) is 109 Å². The van der Waals surface area contributed by atoms with E-state index in [2.05, 4.69) is 10.1 Å². The lowest BCUT2D eigenvalue weighted by Gasteiger charge is -2.15. The standard InChI is InChI=1S/C35H27N3O4/c39-35(40)30-22-37-38(33-13-7-8-20-36-33)34(30)28-16-14-27(15-17-28)29-18-19-31(41-23-25-9-3-1-4-10-25)32(21-29)42-24-26-11-5-2-6-12-26/h1-22H,23-24H2,(H,39,40). The lowest BCUT2D eigenvalue weighted by molar-refractivity contribution is 0.0697. The highest BCUT2D eigenvalue weighted by molar-refractivity contribution is 5.95. The third-order valence-electron chi connectivity index (χ3n) is 6.78. The summed E-state index contributed by atoms with van der Waals surface area (Å²) in [5.41, 5.74) is 5.28. The van der Waals surface area contributed by atoms with Crippen molar-refractivity contribution >= 4 is 5.97 Å². The summed E-state index contributed by atoms with van der Waals surface area (Å²) >= 11 is 0. The van der Waals surface area contributed by atoms with Gasteiger partial charge in [-0.2, -0.15) is 5.10 Å². The Kier molecular flexibility index (Phi) is 7.72. The van der Waals surface area contributed by atoms with Gasteiger partial charge < -0.3 is 14.6 Å². The monoisotopic (exact) mass is 553 g/mol. The zero-order valence-electron chi connectivity index (χ0n) is 22.6. The summed E-state index contributed by atoms with van der Waals surface area (Å²) in [6.07, 6.45) is 3.00. The smallest absolute Gasteiger partial charge is 0.339 e. The molecule has 1 N–H and O–H groups in total. The normalized spacial score (nSPS) is 10.8. The SMILES string of the molecule is O=C(O)c1cnn(-c2ccccn2)c1-c1ccc(-c2ccc(OCc3ccccc3)c(OCc3ccccc3)c2)cc1. The zero-order chi connectivity index (χ0) is 28.7. The maximum absolute atomic E-state index is 12.0. The summed E-state index contributed by atoms with van der Waals surface area (Å²) in [4.78, 5) is 16.4. The lowest BCUT2D eigenvalue weighted by atomic mass is 10.0. The van der Waals surface area contributed by atoms with E-state index in [0.29, 0.717) is 41.8 Å². The Morgan fingerprint density at radius 3 is 1.88 bits per heavy atom. The first-order valence-electron chi connectivity index (χ1n) is 13.5. The number of pyridine rings is 1. The summed E-state index contributed by atoms with van der Waals surface area (Å²) in [5.74, 6) is 0.774. The van der Waals surface area contributed by atoms with E-state index in [4.69, 9.17) is 9.47 Å². The molecule has 0 saturated heterocycles. The highest BCUT2D eigenvalue weighted by Crippen LogP contribution is 2.35. The van der Waals surface area contributed by atoms with Gasteiger partial charge in [-0.05, 0) is 46.5 Å². The fraction of sp³-hybridized carbons (Fsp3) is 0.0571. The number of hydrogen-bond donors (Lipinski definition) is 1. The number of carboxylic acid groups (broad SMARTS) is 1. The first-order chi connectivity index (χ1) is 20.7. The third kappa shape index (κ3) is 5.90. The molecular weight excluding hydrogens is 526 g/mol. The van der Waals surface area contributed by atoms with E-state index in [0.717, 1.165) is 22.3 Å². The molecule has 0 unspecified atom stereocenters. The molecule has 2 aromatic heterocycles. The molecule has 0 bridgehead atoms. The second-order valence-corrected chi connectivity index (χ2v) is 9.60. The van der Waals surface area contributed by atoms with E-state index in [1.54, 1.807) is 23.0 Å². The van der Waals surface area contributed by atoms with E-state index >= 15 is 0 Å². The summed E-state index contributed by atoms with van der Waals surface area (Å²) in [6.45, 7) is 0.826. The topological polar surface area (TPSA) is 86.5 Å². The Labute approximate surface area is 243 Å². The number of aromatic nitrogens is 3. The van der Waals surface area contributed by atoms with Crippen LogP contribution in [0.1, 0.15) is 21.5 Å². The largest absolute Gasteiger partial charge is 0.485 e. The second-order valence-electron chi connectivity index (χ2n) is 9.60. The van der Waals surface area contributed by atoms with Crippen molar-refractivity contribution in [2.75, 3.05) is 0 Å². The molecule has 0 radical (unpaired) electrons. The van der Waals surface area contributed by atoms with E-state index < -0.39 is 5.97 Å². The molecule has 0 aliphatic rings. The van der Waals surface area contributed by atoms with Crippen molar-refractivity contribution in [1.82, 2.24) is 14.8 Å². The van der Waals surface area contributed by atoms with Crippen LogP contribution < -0.4 is 9.47 Å². The van der Waals surface area contributed by atoms with E-state index in [-0.39, 0.29) is 5.56 Å².